The smallest absolute Gasteiger partial charge is 0.227 e. The van der Waals surface area contributed by atoms with Crippen molar-refractivity contribution in [2.45, 2.75) is 58.8 Å². The Morgan fingerprint density at radius 1 is 1.29 bits per heavy atom. The second-order valence-corrected chi connectivity index (χ2v) is 6.74. The first-order chi connectivity index (χ1) is 10.1. The van der Waals surface area contributed by atoms with E-state index in [0.717, 1.165) is 30.0 Å². The van der Waals surface area contributed by atoms with E-state index >= 15 is 0 Å². The fraction of sp³-hybridized carbons (Fsp3) is 0.611. The molecule has 1 aromatic carbocycles. The van der Waals surface area contributed by atoms with Crippen LogP contribution in [0, 0.1) is 18.8 Å². The number of hydrogen-bond acceptors (Lipinski definition) is 1. The monoisotopic (exact) mass is 307 g/mol. The lowest BCUT2D eigenvalue weighted by molar-refractivity contribution is -0.121. The van der Waals surface area contributed by atoms with Gasteiger partial charge in [0, 0.05) is 16.6 Å². The molecular formula is C18H26ClNO. The minimum Gasteiger partial charge on any atom is -0.326 e. The van der Waals surface area contributed by atoms with E-state index in [2.05, 4.69) is 12.2 Å². The summed E-state index contributed by atoms with van der Waals surface area (Å²) in [6.07, 6.45) is 8.38. The van der Waals surface area contributed by atoms with Crippen molar-refractivity contribution in [1.82, 2.24) is 0 Å². The number of aryl methyl sites for hydroxylation is 1. The maximum atomic E-state index is 12.4. The van der Waals surface area contributed by atoms with Crippen LogP contribution < -0.4 is 5.32 Å². The number of amides is 1. The average molecular weight is 308 g/mol. The number of benzene rings is 1. The summed E-state index contributed by atoms with van der Waals surface area (Å²) in [6, 6.07) is 5.63. The van der Waals surface area contributed by atoms with E-state index in [9.17, 15) is 4.79 Å². The third-order valence-electron chi connectivity index (χ3n) is 4.64. The van der Waals surface area contributed by atoms with E-state index in [0.29, 0.717) is 5.02 Å². The summed E-state index contributed by atoms with van der Waals surface area (Å²) in [5.74, 6) is 1.16. The molecule has 116 valence electrons. The minimum absolute atomic E-state index is 0.161. The molecule has 0 radical (unpaired) electrons. The Bertz CT molecular complexity index is 478. The molecule has 0 atom stereocenters. The van der Waals surface area contributed by atoms with E-state index < -0.39 is 0 Å². The van der Waals surface area contributed by atoms with Crippen molar-refractivity contribution in [2.75, 3.05) is 5.32 Å². The number of rotatable bonds is 5. The maximum Gasteiger partial charge on any atom is 0.227 e. The zero-order chi connectivity index (χ0) is 15.2. The molecule has 0 spiro atoms. The molecule has 2 nitrogen and oxygen atoms in total. The summed E-state index contributed by atoms with van der Waals surface area (Å²) < 4.78 is 0. The number of hydrogen-bond donors (Lipinski definition) is 1. The highest BCUT2D eigenvalue weighted by atomic mass is 35.5. The number of carbonyl (C=O) groups is 1. The van der Waals surface area contributed by atoms with Crippen molar-refractivity contribution in [3.05, 3.63) is 28.8 Å². The summed E-state index contributed by atoms with van der Waals surface area (Å²) in [5, 5.41) is 3.72. The zero-order valence-corrected chi connectivity index (χ0v) is 13.9. The van der Waals surface area contributed by atoms with Gasteiger partial charge in [0.2, 0.25) is 5.91 Å². The predicted octanol–water partition coefficient (Wildman–Crippen LogP) is 5.58. The van der Waals surface area contributed by atoms with Gasteiger partial charge in [0.15, 0.2) is 0 Å². The van der Waals surface area contributed by atoms with Crippen molar-refractivity contribution in [1.29, 1.82) is 0 Å². The van der Waals surface area contributed by atoms with Crippen LogP contribution in [0.4, 0.5) is 5.69 Å². The molecule has 1 aliphatic carbocycles. The first-order valence-corrected chi connectivity index (χ1v) is 8.55. The molecule has 0 unspecified atom stereocenters. The summed E-state index contributed by atoms with van der Waals surface area (Å²) in [5.41, 5.74) is 1.91. The Hall–Kier alpha value is -1.02. The van der Waals surface area contributed by atoms with Gasteiger partial charge in [0.25, 0.3) is 0 Å². The predicted molar refractivity (Wildman–Crippen MR) is 89.8 cm³/mol. The first kappa shape index (κ1) is 16.4. The van der Waals surface area contributed by atoms with Crippen LogP contribution in [-0.4, -0.2) is 5.91 Å². The molecule has 21 heavy (non-hydrogen) atoms. The van der Waals surface area contributed by atoms with Crippen LogP contribution in [0.1, 0.15) is 57.4 Å². The number of unbranched alkanes of at least 4 members (excludes halogenated alkanes) is 1. The summed E-state index contributed by atoms with van der Waals surface area (Å²) in [6.45, 7) is 4.24. The molecule has 1 saturated carbocycles. The van der Waals surface area contributed by atoms with Gasteiger partial charge in [-0.2, -0.15) is 0 Å². The van der Waals surface area contributed by atoms with E-state index in [1.165, 1.54) is 32.1 Å². The van der Waals surface area contributed by atoms with Crippen LogP contribution in [-0.2, 0) is 4.79 Å². The zero-order valence-electron chi connectivity index (χ0n) is 13.1. The van der Waals surface area contributed by atoms with Gasteiger partial charge in [-0.25, -0.2) is 0 Å². The van der Waals surface area contributed by atoms with Crippen molar-refractivity contribution in [3.63, 3.8) is 0 Å². The summed E-state index contributed by atoms with van der Waals surface area (Å²) in [4.78, 5) is 12.4. The maximum absolute atomic E-state index is 12.4. The third-order valence-corrected chi connectivity index (χ3v) is 4.88. The van der Waals surface area contributed by atoms with Crippen LogP contribution in [0.15, 0.2) is 18.2 Å². The Morgan fingerprint density at radius 3 is 2.67 bits per heavy atom. The molecule has 0 aliphatic heterocycles. The summed E-state index contributed by atoms with van der Waals surface area (Å²) >= 11 is 6.00. The number of carbonyl (C=O) groups excluding carboxylic acids is 1. The molecule has 0 aromatic heterocycles. The van der Waals surface area contributed by atoms with E-state index in [1.807, 2.05) is 25.1 Å². The lowest BCUT2D eigenvalue weighted by atomic mass is 9.79. The molecule has 1 N–H and O–H groups in total. The number of nitrogens with one attached hydrogen (secondary N) is 1. The van der Waals surface area contributed by atoms with Crippen LogP contribution in [0.3, 0.4) is 0 Å². The SMILES string of the molecule is CCCCC1CCC(C(=O)Nc2cc(Cl)ccc2C)CC1. The first-order valence-electron chi connectivity index (χ1n) is 8.17. The molecule has 0 saturated heterocycles. The average Bonchev–Trinajstić information content (AvgIpc) is 2.49. The van der Waals surface area contributed by atoms with Gasteiger partial charge < -0.3 is 5.32 Å². The number of anilines is 1. The highest BCUT2D eigenvalue weighted by molar-refractivity contribution is 6.31. The minimum atomic E-state index is 0.161. The normalized spacial score (nSPS) is 22.0. The lowest BCUT2D eigenvalue weighted by Crippen LogP contribution is -2.27. The quantitative estimate of drug-likeness (QED) is 0.755. The van der Waals surface area contributed by atoms with Crippen molar-refractivity contribution < 1.29 is 4.79 Å². The molecule has 1 fully saturated rings. The second-order valence-electron chi connectivity index (χ2n) is 6.31. The largest absolute Gasteiger partial charge is 0.326 e. The fourth-order valence-corrected chi connectivity index (χ4v) is 3.34. The topological polar surface area (TPSA) is 29.1 Å². The van der Waals surface area contributed by atoms with Gasteiger partial charge in [-0.1, -0.05) is 43.9 Å². The summed E-state index contributed by atoms with van der Waals surface area (Å²) in [7, 11) is 0. The van der Waals surface area contributed by atoms with E-state index in [1.54, 1.807) is 0 Å². The van der Waals surface area contributed by atoms with Gasteiger partial charge in [-0.15, -0.1) is 0 Å². The molecule has 0 heterocycles. The van der Waals surface area contributed by atoms with Gasteiger partial charge >= 0.3 is 0 Å². The molecule has 2 rings (SSSR count). The standard InChI is InChI=1S/C18H26ClNO/c1-3-4-5-14-7-9-15(10-8-14)18(21)20-17-12-16(19)11-6-13(17)2/h6,11-12,14-15H,3-5,7-10H2,1-2H3,(H,20,21). The molecule has 0 bridgehead atoms. The van der Waals surface area contributed by atoms with Gasteiger partial charge in [-0.3, -0.25) is 4.79 Å². The lowest BCUT2D eigenvalue weighted by Gasteiger charge is -2.28. The van der Waals surface area contributed by atoms with Gasteiger partial charge in [0.1, 0.15) is 0 Å². The molecule has 1 amide bonds. The Morgan fingerprint density at radius 2 is 2.00 bits per heavy atom. The van der Waals surface area contributed by atoms with Crippen LogP contribution >= 0.6 is 11.6 Å². The molecule has 1 aromatic rings. The van der Waals surface area contributed by atoms with Gasteiger partial charge in [0.05, 0.1) is 0 Å². The highest BCUT2D eigenvalue weighted by Gasteiger charge is 2.26. The van der Waals surface area contributed by atoms with Crippen molar-refractivity contribution in [2.24, 2.45) is 11.8 Å². The van der Waals surface area contributed by atoms with Gasteiger partial charge in [-0.05, 0) is 56.2 Å². The fourth-order valence-electron chi connectivity index (χ4n) is 3.17. The molecule has 3 heteroatoms. The highest BCUT2D eigenvalue weighted by Crippen LogP contribution is 2.33. The van der Waals surface area contributed by atoms with Crippen molar-refractivity contribution in [3.8, 4) is 0 Å². The van der Waals surface area contributed by atoms with Crippen LogP contribution in [0.25, 0.3) is 0 Å². The van der Waals surface area contributed by atoms with E-state index in [-0.39, 0.29) is 11.8 Å². The Labute approximate surface area is 133 Å². The Kier molecular flexibility index (Phi) is 6.10. The molecule has 1 aliphatic rings. The number of halogens is 1. The second kappa shape index (κ2) is 7.84. The van der Waals surface area contributed by atoms with E-state index in [4.69, 9.17) is 11.6 Å². The van der Waals surface area contributed by atoms with Crippen molar-refractivity contribution >= 4 is 23.2 Å². The third kappa shape index (κ3) is 4.74. The molecular weight excluding hydrogens is 282 g/mol. The Balaban J connectivity index is 1.86. The van der Waals surface area contributed by atoms with Crippen LogP contribution in [0.2, 0.25) is 5.02 Å². The van der Waals surface area contributed by atoms with Crippen LogP contribution in [0.5, 0.6) is 0 Å².